The Bertz CT molecular complexity index is 1030. The number of anilines is 1. The molecular weight excluding hydrogens is 434 g/mol. The minimum Gasteiger partial charge on any atom is -0.492 e. The summed E-state index contributed by atoms with van der Waals surface area (Å²) < 4.78 is 33.9. The number of hydrogen-bond donors (Lipinski definition) is 1. The molecule has 1 aromatic carbocycles. The van der Waals surface area contributed by atoms with Gasteiger partial charge in [0.15, 0.2) is 11.6 Å². The molecule has 2 saturated heterocycles. The molecule has 0 spiro atoms. The second-order valence-electron chi connectivity index (χ2n) is 8.61. The zero-order valence-electron chi connectivity index (χ0n) is 18.8. The number of ether oxygens (including phenoxy) is 1. The van der Waals surface area contributed by atoms with Crippen molar-refractivity contribution in [3.8, 4) is 5.75 Å². The van der Waals surface area contributed by atoms with Crippen LogP contribution in [0.15, 0.2) is 18.2 Å². The Kier molecular flexibility index (Phi) is 6.75. The predicted octanol–water partition coefficient (Wildman–Crippen LogP) is 1.97. The Morgan fingerprint density at radius 3 is 2.76 bits per heavy atom. The molecule has 9 nitrogen and oxygen atoms in total. The summed E-state index contributed by atoms with van der Waals surface area (Å²) in [5, 5.41) is 11.2. The van der Waals surface area contributed by atoms with Gasteiger partial charge in [-0.15, -0.1) is 10.2 Å². The summed E-state index contributed by atoms with van der Waals surface area (Å²) in [7, 11) is 0. The van der Waals surface area contributed by atoms with Crippen LogP contribution in [0.25, 0.3) is 0 Å². The topological polar surface area (TPSA) is 92.6 Å². The van der Waals surface area contributed by atoms with Crippen LogP contribution in [-0.4, -0.2) is 69.8 Å². The molecule has 3 heterocycles. The molecule has 0 bridgehead atoms. The van der Waals surface area contributed by atoms with Crippen LogP contribution in [0.4, 0.5) is 14.7 Å². The van der Waals surface area contributed by atoms with Gasteiger partial charge in [0.25, 0.3) is 5.91 Å². The number of hydrogen-bond acceptors (Lipinski definition) is 6. The van der Waals surface area contributed by atoms with Gasteiger partial charge in [0.1, 0.15) is 12.4 Å². The minimum atomic E-state index is -0.992. The highest BCUT2D eigenvalue weighted by Crippen LogP contribution is 2.26. The molecule has 11 heteroatoms. The van der Waals surface area contributed by atoms with E-state index in [-0.39, 0.29) is 48.6 Å². The van der Waals surface area contributed by atoms with Gasteiger partial charge in [0, 0.05) is 38.2 Å². The lowest BCUT2D eigenvalue weighted by molar-refractivity contribution is -0.129. The van der Waals surface area contributed by atoms with Crippen molar-refractivity contribution in [1.29, 1.82) is 0 Å². The highest BCUT2D eigenvalue weighted by molar-refractivity contribution is 5.91. The molecule has 2 amide bonds. The monoisotopic (exact) mass is 462 g/mol. The maximum atomic E-state index is 13.5. The average molecular weight is 463 g/mol. The molecule has 1 unspecified atom stereocenters. The quantitative estimate of drug-likeness (QED) is 0.645. The third-order valence-electron chi connectivity index (χ3n) is 5.83. The van der Waals surface area contributed by atoms with Gasteiger partial charge in [-0.25, -0.2) is 8.78 Å². The first-order valence-corrected chi connectivity index (χ1v) is 11.2. The maximum absolute atomic E-state index is 13.5. The first-order valence-electron chi connectivity index (χ1n) is 11.2. The van der Waals surface area contributed by atoms with Crippen molar-refractivity contribution in [2.45, 2.75) is 51.7 Å². The molecule has 2 aliphatic rings. The second-order valence-corrected chi connectivity index (χ2v) is 8.61. The van der Waals surface area contributed by atoms with Crippen molar-refractivity contribution in [2.24, 2.45) is 0 Å². The van der Waals surface area contributed by atoms with Crippen LogP contribution >= 0.6 is 0 Å². The molecule has 178 valence electrons. The van der Waals surface area contributed by atoms with E-state index in [0.717, 1.165) is 31.5 Å². The summed E-state index contributed by atoms with van der Waals surface area (Å²) in [6, 6.07) is 3.35. The molecule has 2 aliphatic heterocycles. The molecule has 1 aromatic heterocycles. The van der Waals surface area contributed by atoms with Crippen LogP contribution in [-0.2, 0) is 11.3 Å². The van der Waals surface area contributed by atoms with Crippen molar-refractivity contribution >= 4 is 17.8 Å². The predicted molar refractivity (Wildman–Crippen MR) is 116 cm³/mol. The lowest BCUT2D eigenvalue weighted by atomic mass is 10.2. The van der Waals surface area contributed by atoms with E-state index in [9.17, 15) is 18.4 Å². The summed E-state index contributed by atoms with van der Waals surface area (Å²) in [5.41, 5.74) is 0. The minimum absolute atomic E-state index is 0.0816. The van der Waals surface area contributed by atoms with Crippen molar-refractivity contribution < 1.29 is 23.1 Å². The molecule has 0 saturated carbocycles. The zero-order valence-corrected chi connectivity index (χ0v) is 18.8. The van der Waals surface area contributed by atoms with Crippen LogP contribution in [0.5, 0.6) is 5.75 Å². The third-order valence-corrected chi connectivity index (χ3v) is 5.83. The normalized spacial score (nSPS) is 18.5. The number of likely N-dealkylation sites (tertiary alicyclic amines) is 1. The Labute approximate surface area is 190 Å². The van der Waals surface area contributed by atoms with Gasteiger partial charge < -0.3 is 19.9 Å². The van der Waals surface area contributed by atoms with Crippen LogP contribution in [0.2, 0.25) is 0 Å². The van der Waals surface area contributed by atoms with Gasteiger partial charge in [-0.2, -0.15) is 0 Å². The fraction of sp³-hybridized carbons (Fsp3) is 0.545. The van der Waals surface area contributed by atoms with Gasteiger partial charge in [0.2, 0.25) is 17.7 Å². The number of halogens is 2. The van der Waals surface area contributed by atoms with Crippen molar-refractivity contribution in [3.63, 3.8) is 0 Å². The molecule has 2 aromatic rings. The number of aromatic nitrogens is 3. The molecule has 0 aliphatic carbocycles. The Balaban J connectivity index is 1.50. The van der Waals surface area contributed by atoms with Crippen molar-refractivity contribution in [1.82, 2.24) is 25.0 Å². The number of nitrogens with zero attached hydrogens (tertiary/aromatic N) is 5. The average Bonchev–Trinajstić information content (AvgIpc) is 3.49. The van der Waals surface area contributed by atoms with E-state index in [1.165, 1.54) is 6.07 Å². The van der Waals surface area contributed by atoms with E-state index in [2.05, 4.69) is 15.5 Å². The lowest BCUT2D eigenvalue weighted by Gasteiger charge is -2.24. The number of carbonyl (C=O) groups excluding carboxylic acids is 2. The molecular formula is C22H28F2N6O3. The largest absolute Gasteiger partial charge is 0.492 e. The molecule has 0 radical (unpaired) electrons. The maximum Gasteiger partial charge on any atom is 0.289 e. The first kappa shape index (κ1) is 22.9. The number of amides is 2. The number of carbonyl (C=O) groups is 2. The standard InChI is InChI=1S/C22H28F2N6O3/c1-14(2)25-21(32)20-26-27-22(28-9-7-15(13-28)29-8-3-4-19(29)31)30(20)10-11-33-16-5-6-17(23)18(24)12-16/h5-6,12,14-15H,3-4,7-11,13H2,1-2H3,(H,25,32). The summed E-state index contributed by atoms with van der Waals surface area (Å²) in [6.07, 6.45) is 2.29. The first-order chi connectivity index (χ1) is 15.8. The van der Waals surface area contributed by atoms with Gasteiger partial charge >= 0.3 is 0 Å². The van der Waals surface area contributed by atoms with E-state index in [1.807, 2.05) is 23.6 Å². The van der Waals surface area contributed by atoms with E-state index in [4.69, 9.17) is 4.74 Å². The Hall–Kier alpha value is -3.24. The fourth-order valence-corrected chi connectivity index (χ4v) is 4.28. The zero-order chi connectivity index (χ0) is 23.5. The summed E-state index contributed by atoms with van der Waals surface area (Å²) in [6.45, 7) is 6.09. The molecule has 1 N–H and O–H groups in total. The molecule has 4 rings (SSSR count). The molecule has 33 heavy (non-hydrogen) atoms. The number of nitrogens with one attached hydrogen (secondary N) is 1. The van der Waals surface area contributed by atoms with E-state index < -0.39 is 11.6 Å². The van der Waals surface area contributed by atoms with Gasteiger partial charge in [-0.05, 0) is 38.8 Å². The van der Waals surface area contributed by atoms with E-state index >= 15 is 0 Å². The fourth-order valence-electron chi connectivity index (χ4n) is 4.28. The summed E-state index contributed by atoms with van der Waals surface area (Å²) >= 11 is 0. The van der Waals surface area contributed by atoms with Gasteiger partial charge in [-0.3, -0.25) is 14.2 Å². The van der Waals surface area contributed by atoms with Crippen LogP contribution in [0, 0.1) is 11.6 Å². The van der Waals surface area contributed by atoms with Crippen LogP contribution in [0.1, 0.15) is 43.7 Å². The van der Waals surface area contributed by atoms with Crippen LogP contribution in [0.3, 0.4) is 0 Å². The summed E-state index contributed by atoms with van der Waals surface area (Å²) in [5.74, 6) is -1.27. The van der Waals surface area contributed by atoms with Crippen LogP contribution < -0.4 is 15.0 Å². The lowest BCUT2D eigenvalue weighted by Crippen LogP contribution is -2.39. The highest BCUT2D eigenvalue weighted by atomic mass is 19.2. The Morgan fingerprint density at radius 1 is 1.24 bits per heavy atom. The second kappa shape index (κ2) is 9.72. The SMILES string of the molecule is CC(C)NC(=O)c1nnc(N2CCC(N3CCCC3=O)C2)n1CCOc1ccc(F)c(F)c1. The highest BCUT2D eigenvalue weighted by Gasteiger charge is 2.35. The summed E-state index contributed by atoms with van der Waals surface area (Å²) in [4.78, 5) is 28.8. The van der Waals surface area contributed by atoms with E-state index in [0.29, 0.717) is 25.5 Å². The van der Waals surface area contributed by atoms with Gasteiger partial charge in [0.05, 0.1) is 12.6 Å². The smallest absolute Gasteiger partial charge is 0.289 e. The molecule has 2 fully saturated rings. The number of benzene rings is 1. The van der Waals surface area contributed by atoms with Crippen molar-refractivity contribution in [2.75, 3.05) is 31.1 Å². The number of rotatable bonds is 8. The van der Waals surface area contributed by atoms with E-state index in [1.54, 1.807) is 4.57 Å². The van der Waals surface area contributed by atoms with Crippen molar-refractivity contribution in [3.05, 3.63) is 35.7 Å². The van der Waals surface area contributed by atoms with Gasteiger partial charge in [-0.1, -0.05) is 0 Å². The Morgan fingerprint density at radius 2 is 2.06 bits per heavy atom. The molecule has 1 atom stereocenters. The third kappa shape index (κ3) is 5.07.